The molecule has 3 aliphatic rings. The summed E-state index contributed by atoms with van der Waals surface area (Å²) in [4.78, 5) is 25.9. The maximum absolute atomic E-state index is 14.3. The summed E-state index contributed by atoms with van der Waals surface area (Å²) in [6.07, 6.45) is 3.83. The lowest BCUT2D eigenvalue weighted by Crippen LogP contribution is -2.65. The number of carbonyl (C=O) groups is 2. The van der Waals surface area contributed by atoms with Crippen LogP contribution in [0, 0.1) is 5.92 Å². The number of amides is 1. The van der Waals surface area contributed by atoms with Crippen molar-refractivity contribution in [2.75, 3.05) is 32.7 Å². The number of aryl methyl sites for hydroxylation is 1. The highest BCUT2D eigenvalue weighted by Crippen LogP contribution is 2.37. The molecule has 0 saturated carbocycles. The SMILES string of the molecule is O=C(CCc1ccccc1)NCCC[N+]12CCC(CC1)C(OC(=O)C([O-])(c1ccccc1)c1ccccc1)C2. The minimum absolute atomic E-state index is 0.0802. The van der Waals surface area contributed by atoms with Crippen LogP contribution in [0.5, 0.6) is 0 Å². The monoisotopic (exact) mass is 526 g/mol. The quantitative estimate of drug-likeness (QED) is 0.235. The molecule has 0 spiro atoms. The van der Waals surface area contributed by atoms with Gasteiger partial charge in [-0.2, -0.15) is 0 Å². The van der Waals surface area contributed by atoms with Gasteiger partial charge in [0.25, 0.3) is 0 Å². The van der Waals surface area contributed by atoms with Crippen LogP contribution in [0.4, 0.5) is 0 Å². The molecule has 1 unspecified atom stereocenters. The summed E-state index contributed by atoms with van der Waals surface area (Å²) in [5, 5.41) is 17.3. The lowest BCUT2D eigenvalue weighted by atomic mass is 9.82. The first kappa shape index (κ1) is 27.1. The highest BCUT2D eigenvalue weighted by atomic mass is 16.6. The number of esters is 1. The largest absolute Gasteiger partial charge is 0.834 e. The topological polar surface area (TPSA) is 78.5 Å². The molecule has 0 aromatic heterocycles. The molecule has 0 radical (unpaired) electrons. The molecule has 3 heterocycles. The van der Waals surface area contributed by atoms with E-state index in [0.29, 0.717) is 30.0 Å². The van der Waals surface area contributed by atoms with E-state index in [1.54, 1.807) is 48.5 Å². The van der Waals surface area contributed by atoms with E-state index in [2.05, 4.69) is 5.32 Å². The standard InChI is InChI=1S/C33H38N2O4/c36-31(18-17-26-11-4-1-5-12-26)34-21-10-22-35-23-19-27(20-24-35)30(25-35)39-32(37)33(38,28-13-6-2-7-14-28)29-15-8-3-9-16-29/h1-9,11-16,27,30H,10,17-25H2,(H,34,36). The third-order valence-corrected chi connectivity index (χ3v) is 8.56. The number of hydrogen-bond acceptors (Lipinski definition) is 4. The van der Waals surface area contributed by atoms with Gasteiger partial charge in [-0.05, 0) is 23.1 Å². The van der Waals surface area contributed by atoms with Crippen LogP contribution in [0.15, 0.2) is 91.0 Å². The zero-order chi connectivity index (χ0) is 27.1. The smallest absolute Gasteiger partial charge is 0.304 e. The van der Waals surface area contributed by atoms with E-state index in [0.717, 1.165) is 56.3 Å². The van der Waals surface area contributed by atoms with Gasteiger partial charge >= 0.3 is 5.97 Å². The third kappa shape index (κ3) is 6.23. The summed E-state index contributed by atoms with van der Waals surface area (Å²) in [7, 11) is 0. The van der Waals surface area contributed by atoms with Gasteiger partial charge in [0.05, 0.1) is 19.6 Å². The number of hydrogen-bond donors (Lipinski definition) is 1. The molecule has 3 saturated heterocycles. The van der Waals surface area contributed by atoms with Crippen molar-refractivity contribution in [3.05, 3.63) is 108 Å². The van der Waals surface area contributed by atoms with Crippen molar-refractivity contribution in [1.82, 2.24) is 5.32 Å². The summed E-state index contributed by atoms with van der Waals surface area (Å²) >= 11 is 0. The van der Waals surface area contributed by atoms with Crippen molar-refractivity contribution >= 4 is 11.9 Å². The number of ether oxygens (including phenoxy) is 1. The molecular weight excluding hydrogens is 488 g/mol. The van der Waals surface area contributed by atoms with Gasteiger partial charge in [0.2, 0.25) is 5.91 Å². The van der Waals surface area contributed by atoms with E-state index in [4.69, 9.17) is 4.74 Å². The van der Waals surface area contributed by atoms with Crippen molar-refractivity contribution in [2.24, 2.45) is 5.92 Å². The number of nitrogens with one attached hydrogen (secondary N) is 1. The molecule has 204 valence electrons. The first-order valence-corrected chi connectivity index (χ1v) is 14.2. The Hall–Kier alpha value is -3.48. The van der Waals surface area contributed by atoms with Gasteiger partial charge in [-0.15, -0.1) is 0 Å². The lowest BCUT2D eigenvalue weighted by molar-refractivity contribution is -0.946. The van der Waals surface area contributed by atoms with Crippen molar-refractivity contribution in [1.29, 1.82) is 0 Å². The minimum Gasteiger partial charge on any atom is -0.834 e. The van der Waals surface area contributed by atoms with Crippen LogP contribution in [0.25, 0.3) is 0 Å². The van der Waals surface area contributed by atoms with Crippen LogP contribution >= 0.6 is 0 Å². The average molecular weight is 527 g/mol. The molecule has 3 aliphatic heterocycles. The Morgan fingerprint density at radius 3 is 2.03 bits per heavy atom. The molecule has 6 nitrogen and oxygen atoms in total. The molecule has 3 fully saturated rings. The first-order valence-electron chi connectivity index (χ1n) is 14.2. The van der Waals surface area contributed by atoms with Crippen LogP contribution in [0.1, 0.15) is 42.4 Å². The number of nitrogens with zero attached hydrogens (tertiary/aromatic N) is 1. The fourth-order valence-electron chi connectivity index (χ4n) is 6.27. The Labute approximate surface area is 231 Å². The molecule has 6 heteroatoms. The van der Waals surface area contributed by atoms with Gasteiger partial charge < -0.3 is 19.6 Å². The summed E-state index contributed by atoms with van der Waals surface area (Å²) in [6, 6.07) is 27.7. The highest BCUT2D eigenvalue weighted by Gasteiger charge is 2.48. The molecule has 1 N–H and O–H groups in total. The van der Waals surface area contributed by atoms with E-state index < -0.39 is 11.6 Å². The van der Waals surface area contributed by atoms with Crippen molar-refractivity contribution < 1.29 is 23.9 Å². The summed E-state index contributed by atoms with van der Waals surface area (Å²) in [5.41, 5.74) is -0.142. The lowest BCUT2D eigenvalue weighted by Gasteiger charge is -2.53. The molecule has 3 aromatic carbocycles. The van der Waals surface area contributed by atoms with Crippen LogP contribution in [0.3, 0.4) is 0 Å². The molecule has 1 amide bonds. The Morgan fingerprint density at radius 1 is 0.872 bits per heavy atom. The Morgan fingerprint density at radius 2 is 1.44 bits per heavy atom. The second-order valence-corrected chi connectivity index (χ2v) is 11.1. The van der Waals surface area contributed by atoms with Crippen molar-refractivity contribution in [3.8, 4) is 0 Å². The zero-order valence-corrected chi connectivity index (χ0v) is 22.5. The predicted molar refractivity (Wildman–Crippen MR) is 148 cm³/mol. The minimum atomic E-state index is -2.11. The second-order valence-electron chi connectivity index (χ2n) is 11.1. The first-order chi connectivity index (χ1) is 19.0. The Kier molecular flexibility index (Phi) is 8.44. The number of fused-ring (bicyclic) bond motifs is 3. The maximum atomic E-state index is 14.3. The van der Waals surface area contributed by atoms with Crippen LogP contribution in [0.2, 0.25) is 0 Å². The second kappa shape index (κ2) is 12.1. The normalized spacial score (nSPS) is 22.3. The number of benzene rings is 3. The maximum Gasteiger partial charge on any atom is 0.304 e. The molecular formula is C33H38N2O4. The van der Waals surface area contributed by atoms with Gasteiger partial charge in [0, 0.05) is 43.7 Å². The summed E-state index contributed by atoms with van der Waals surface area (Å²) in [6.45, 7) is 4.42. The zero-order valence-electron chi connectivity index (χ0n) is 22.5. The van der Waals surface area contributed by atoms with Gasteiger partial charge in [0.1, 0.15) is 6.54 Å². The number of rotatable bonds is 11. The molecule has 39 heavy (non-hydrogen) atoms. The van der Waals surface area contributed by atoms with Crippen LogP contribution in [-0.4, -0.2) is 55.2 Å². The van der Waals surface area contributed by atoms with Gasteiger partial charge in [-0.3, -0.25) is 9.59 Å². The van der Waals surface area contributed by atoms with E-state index >= 15 is 0 Å². The van der Waals surface area contributed by atoms with Gasteiger partial charge in [0.15, 0.2) is 6.10 Å². The molecule has 0 aliphatic carbocycles. The molecule has 6 rings (SSSR count). The van der Waals surface area contributed by atoms with Crippen molar-refractivity contribution in [2.45, 2.75) is 43.8 Å². The average Bonchev–Trinajstić information content (AvgIpc) is 3.00. The highest BCUT2D eigenvalue weighted by molar-refractivity contribution is 5.85. The Balaban J connectivity index is 1.17. The third-order valence-electron chi connectivity index (χ3n) is 8.56. The summed E-state index contributed by atoms with van der Waals surface area (Å²) < 4.78 is 6.99. The van der Waals surface area contributed by atoms with E-state index in [9.17, 15) is 14.7 Å². The van der Waals surface area contributed by atoms with E-state index in [1.807, 2.05) is 42.5 Å². The number of carbonyl (C=O) groups excluding carboxylic acids is 2. The fraction of sp³-hybridized carbons (Fsp3) is 0.394. The van der Waals surface area contributed by atoms with E-state index in [-0.39, 0.29) is 12.0 Å². The predicted octanol–water partition coefficient (Wildman–Crippen LogP) is 3.58. The van der Waals surface area contributed by atoms with Crippen LogP contribution < -0.4 is 10.4 Å². The number of quaternary nitrogens is 1. The molecule has 3 aromatic rings. The Bertz CT molecular complexity index is 1180. The van der Waals surface area contributed by atoms with Gasteiger partial charge in [-0.25, -0.2) is 0 Å². The van der Waals surface area contributed by atoms with E-state index in [1.165, 1.54) is 5.56 Å². The summed E-state index contributed by atoms with van der Waals surface area (Å²) in [5.74, 6) is -0.346. The molecule has 1 atom stereocenters. The van der Waals surface area contributed by atoms with Gasteiger partial charge in [-0.1, -0.05) is 91.0 Å². The number of piperidine rings is 3. The van der Waals surface area contributed by atoms with Crippen molar-refractivity contribution in [3.63, 3.8) is 0 Å². The fourth-order valence-corrected chi connectivity index (χ4v) is 6.27. The van der Waals surface area contributed by atoms with Crippen LogP contribution in [-0.2, 0) is 26.3 Å². The molecule has 2 bridgehead atoms.